The van der Waals surface area contributed by atoms with E-state index in [4.69, 9.17) is 0 Å². The standard InChI is InChI=1S/C18H18N2O2/c1-14(12-13-15-8-4-2-5-9-15)19-20-18(22)17(21)16-10-6-3-7-11-16/h2-13,17,21H,1H3,(H,20,22)/b13-12+,19-14+/t17-/m0/s1. The van der Waals surface area contributed by atoms with E-state index in [1.165, 1.54) is 0 Å². The van der Waals surface area contributed by atoms with Crippen LogP contribution in [0.15, 0.2) is 71.8 Å². The Hall–Kier alpha value is -2.72. The molecule has 0 aliphatic heterocycles. The van der Waals surface area contributed by atoms with Crippen LogP contribution in [0.3, 0.4) is 0 Å². The van der Waals surface area contributed by atoms with E-state index in [1.807, 2.05) is 42.5 Å². The summed E-state index contributed by atoms with van der Waals surface area (Å²) in [7, 11) is 0. The summed E-state index contributed by atoms with van der Waals surface area (Å²) in [5, 5.41) is 13.9. The highest BCUT2D eigenvalue weighted by molar-refractivity contribution is 5.97. The lowest BCUT2D eigenvalue weighted by atomic mass is 10.1. The molecule has 1 atom stereocenters. The monoisotopic (exact) mass is 294 g/mol. The van der Waals surface area contributed by atoms with Crippen molar-refractivity contribution >= 4 is 17.7 Å². The second-order valence-corrected chi connectivity index (χ2v) is 4.79. The number of benzene rings is 2. The maximum atomic E-state index is 11.8. The molecule has 0 aromatic heterocycles. The second kappa shape index (κ2) is 7.90. The van der Waals surface area contributed by atoms with Crippen molar-refractivity contribution in [3.8, 4) is 0 Å². The van der Waals surface area contributed by atoms with Crippen molar-refractivity contribution in [2.75, 3.05) is 0 Å². The number of carbonyl (C=O) groups excluding carboxylic acids is 1. The third kappa shape index (κ3) is 4.68. The van der Waals surface area contributed by atoms with E-state index in [9.17, 15) is 9.90 Å². The third-order valence-electron chi connectivity index (χ3n) is 3.02. The van der Waals surface area contributed by atoms with Gasteiger partial charge in [-0.15, -0.1) is 0 Å². The molecule has 0 aliphatic rings. The fourth-order valence-corrected chi connectivity index (χ4v) is 1.81. The molecule has 112 valence electrons. The van der Waals surface area contributed by atoms with E-state index in [1.54, 1.807) is 37.3 Å². The van der Waals surface area contributed by atoms with Crippen molar-refractivity contribution in [2.45, 2.75) is 13.0 Å². The van der Waals surface area contributed by atoms with Gasteiger partial charge in [-0.1, -0.05) is 66.7 Å². The lowest BCUT2D eigenvalue weighted by Crippen LogP contribution is -2.25. The van der Waals surface area contributed by atoms with Gasteiger partial charge in [0.15, 0.2) is 6.10 Å². The highest BCUT2D eigenvalue weighted by Gasteiger charge is 2.15. The minimum Gasteiger partial charge on any atom is -0.378 e. The van der Waals surface area contributed by atoms with Crippen molar-refractivity contribution < 1.29 is 9.90 Å². The molecule has 0 heterocycles. The van der Waals surface area contributed by atoms with Gasteiger partial charge in [-0.05, 0) is 24.1 Å². The van der Waals surface area contributed by atoms with Gasteiger partial charge in [-0.2, -0.15) is 5.10 Å². The first-order valence-electron chi connectivity index (χ1n) is 6.97. The molecule has 0 saturated heterocycles. The quantitative estimate of drug-likeness (QED) is 0.658. The van der Waals surface area contributed by atoms with Gasteiger partial charge in [0, 0.05) is 0 Å². The first kappa shape index (κ1) is 15.7. The van der Waals surface area contributed by atoms with Crippen molar-refractivity contribution in [3.05, 3.63) is 77.9 Å². The van der Waals surface area contributed by atoms with Crippen molar-refractivity contribution in [1.82, 2.24) is 5.43 Å². The fraction of sp³-hybridized carbons (Fsp3) is 0.111. The minimum atomic E-state index is -1.23. The number of nitrogens with one attached hydrogen (secondary N) is 1. The summed E-state index contributed by atoms with van der Waals surface area (Å²) in [6, 6.07) is 18.5. The number of rotatable bonds is 5. The van der Waals surface area contributed by atoms with Gasteiger partial charge in [-0.3, -0.25) is 4.79 Å². The second-order valence-electron chi connectivity index (χ2n) is 4.79. The molecule has 0 saturated carbocycles. The van der Waals surface area contributed by atoms with Gasteiger partial charge < -0.3 is 5.11 Å². The van der Waals surface area contributed by atoms with Gasteiger partial charge in [-0.25, -0.2) is 5.43 Å². The number of hydrazone groups is 1. The lowest BCUT2D eigenvalue weighted by Gasteiger charge is -2.08. The summed E-state index contributed by atoms with van der Waals surface area (Å²) >= 11 is 0. The molecule has 0 fully saturated rings. The SMILES string of the molecule is CC(/C=C/c1ccccc1)=N\NC(=O)[C@@H](O)c1ccccc1. The Morgan fingerprint density at radius 3 is 2.32 bits per heavy atom. The largest absolute Gasteiger partial charge is 0.378 e. The average Bonchev–Trinajstić information content (AvgIpc) is 2.58. The molecule has 0 spiro atoms. The predicted molar refractivity (Wildman–Crippen MR) is 88.1 cm³/mol. The number of aliphatic hydroxyl groups excluding tert-OH is 1. The molecule has 2 N–H and O–H groups in total. The van der Waals surface area contributed by atoms with Gasteiger partial charge in [0.1, 0.15) is 0 Å². The van der Waals surface area contributed by atoms with E-state index < -0.39 is 12.0 Å². The molecule has 2 rings (SSSR count). The van der Waals surface area contributed by atoms with E-state index in [2.05, 4.69) is 10.5 Å². The number of amides is 1. The Morgan fingerprint density at radius 1 is 1.09 bits per heavy atom. The van der Waals surface area contributed by atoms with Crippen molar-refractivity contribution in [3.63, 3.8) is 0 Å². The highest BCUT2D eigenvalue weighted by atomic mass is 16.3. The van der Waals surface area contributed by atoms with Crippen LogP contribution in [0.1, 0.15) is 24.2 Å². The van der Waals surface area contributed by atoms with Crippen LogP contribution in [0.5, 0.6) is 0 Å². The molecule has 1 amide bonds. The summed E-state index contributed by atoms with van der Waals surface area (Å²) in [4.78, 5) is 11.8. The van der Waals surface area contributed by atoms with Gasteiger partial charge in [0.2, 0.25) is 0 Å². The molecule has 2 aromatic rings. The molecule has 22 heavy (non-hydrogen) atoms. The molecule has 4 heteroatoms. The Balaban J connectivity index is 1.93. The van der Waals surface area contributed by atoms with Crippen LogP contribution >= 0.6 is 0 Å². The molecular formula is C18H18N2O2. The predicted octanol–water partition coefficient (Wildman–Crippen LogP) is 2.93. The molecule has 0 radical (unpaired) electrons. The number of aliphatic hydroxyl groups is 1. The normalized spacial score (nSPS) is 13.1. The zero-order valence-electron chi connectivity index (χ0n) is 12.3. The fourth-order valence-electron chi connectivity index (χ4n) is 1.81. The first-order chi connectivity index (χ1) is 10.7. The van der Waals surface area contributed by atoms with Crippen LogP contribution < -0.4 is 5.43 Å². The number of hydrogen-bond acceptors (Lipinski definition) is 3. The summed E-state index contributed by atoms with van der Waals surface area (Å²) < 4.78 is 0. The summed E-state index contributed by atoms with van der Waals surface area (Å²) in [5.74, 6) is -0.557. The average molecular weight is 294 g/mol. The maximum absolute atomic E-state index is 11.8. The summed E-state index contributed by atoms with van der Waals surface area (Å²) in [5.41, 5.74) is 4.58. The zero-order valence-corrected chi connectivity index (χ0v) is 12.3. The highest BCUT2D eigenvalue weighted by Crippen LogP contribution is 2.11. The van der Waals surface area contributed by atoms with Crippen molar-refractivity contribution in [2.24, 2.45) is 5.10 Å². The molecule has 2 aromatic carbocycles. The zero-order chi connectivity index (χ0) is 15.8. The van der Waals surface area contributed by atoms with Gasteiger partial charge in [0.05, 0.1) is 5.71 Å². The van der Waals surface area contributed by atoms with Crippen LogP contribution in [0, 0.1) is 0 Å². The molecule has 4 nitrogen and oxygen atoms in total. The maximum Gasteiger partial charge on any atom is 0.273 e. The van der Waals surface area contributed by atoms with Crippen LogP contribution in [-0.4, -0.2) is 16.7 Å². The molecule has 0 aliphatic carbocycles. The Labute approximate surface area is 129 Å². The smallest absolute Gasteiger partial charge is 0.273 e. The van der Waals surface area contributed by atoms with E-state index >= 15 is 0 Å². The van der Waals surface area contributed by atoms with Crippen LogP contribution in [0.2, 0.25) is 0 Å². The number of carbonyl (C=O) groups is 1. The van der Waals surface area contributed by atoms with Gasteiger partial charge in [0.25, 0.3) is 5.91 Å². The lowest BCUT2D eigenvalue weighted by molar-refractivity contribution is -0.129. The molecular weight excluding hydrogens is 276 g/mol. The van der Waals surface area contributed by atoms with E-state index in [-0.39, 0.29) is 0 Å². The van der Waals surface area contributed by atoms with Crippen LogP contribution in [0.4, 0.5) is 0 Å². The van der Waals surface area contributed by atoms with Crippen LogP contribution in [-0.2, 0) is 4.79 Å². The topological polar surface area (TPSA) is 61.7 Å². The first-order valence-corrected chi connectivity index (χ1v) is 6.97. The van der Waals surface area contributed by atoms with E-state index in [0.717, 1.165) is 5.56 Å². The summed E-state index contributed by atoms with van der Waals surface area (Å²) in [6.45, 7) is 1.77. The van der Waals surface area contributed by atoms with Crippen molar-refractivity contribution in [1.29, 1.82) is 0 Å². The number of allylic oxidation sites excluding steroid dienone is 1. The minimum absolute atomic E-state index is 0.535. The third-order valence-corrected chi connectivity index (χ3v) is 3.02. The van der Waals surface area contributed by atoms with Crippen LogP contribution in [0.25, 0.3) is 6.08 Å². The Bertz CT molecular complexity index is 664. The molecule has 0 unspecified atom stereocenters. The number of hydrogen-bond donors (Lipinski definition) is 2. The Morgan fingerprint density at radius 2 is 1.68 bits per heavy atom. The Kier molecular flexibility index (Phi) is 5.63. The van der Waals surface area contributed by atoms with E-state index in [0.29, 0.717) is 11.3 Å². The number of nitrogens with zero attached hydrogens (tertiary/aromatic N) is 1. The summed E-state index contributed by atoms with van der Waals surface area (Å²) in [6.07, 6.45) is 2.47. The molecule has 0 bridgehead atoms. The van der Waals surface area contributed by atoms with Gasteiger partial charge >= 0.3 is 0 Å².